The zero-order valence-corrected chi connectivity index (χ0v) is 22.9. The minimum absolute atomic E-state index is 0.0457. The quantitative estimate of drug-likeness (QED) is 0.252. The average molecular weight is 552 g/mol. The first kappa shape index (κ1) is 30.1. The number of ketones is 1. The van der Waals surface area contributed by atoms with Crippen LogP contribution >= 0.6 is 15.9 Å². The normalized spacial score (nSPS) is 10.5. The van der Waals surface area contributed by atoms with Gasteiger partial charge in [0.25, 0.3) is 0 Å². The van der Waals surface area contributed by atoms with Crippen molar-refractivity contribution < 1.29 is 33.3 Å². The van der Waals surface area contributed by atoms with Gasteiger partial charge in [0.05, 0.1) is 19.8 Å². The van der Waals surface area contributed by atoms with E-state index in [4.69, 9.17) is 18.9 Å². The second-order valence-corrected chi connectivity index (χ2v) is 9.25. The van der Waals surface area contributed by atoms with Crippen LogP contribution in [0.1, 0.15) is 58.8 Å². The van der Waals surface area contributed by atoms with Gasteiger partial charge in [0.15, 0.2) is 28.8 Å². The van der Waals surface area contributed by atoms with Crippen LogP contribution in [0.25, 0.3) is 0 Å². The van der Waals surface area contributed by atoms with E-state index in [-0.39, 0.29) is 29.4 Å². The molecule has 9 heteroatoms. The van der Waals surface area contributed by atoms with Crippen molar-refractivity contribution in [1.29, 1.82) is 0 Å². The molecule has 0 atom stereocenters. The molecule has 0 amide bonds. The Hall–Kier alpha value is -2.91. The zero-order valence-electron chi connectivity index (χ0n) is 21.3. The van der Waals surface area contributed by atoms with Gasteiger partial charge in [0, 0.05) is 29.4 Å². The van der Waals surface area contributed by atoms with Gasteiger partial charge >= 0.3 is 11.9 Å². The summed E-state index contributed by atoms with van der Waals surface area (Å²) in [5, 5.41) is 3.08. The molecule has 0 heterocycles. The molecular weight excluding hydrogens is 518 g/mol. The molecule has 192 valence electrons. The minimum Gasteiger partial charge on any atom is -0.490 e. The van der Waals surface area contributed by atoms with Gasteiger partial charge in [-0.2, -0.15) is 0 Å². The molecule has 0 spiro atoms. The first-order valence-corrected chi connectivity index (χ1v) is 12.0. The Bertz CT molecular complexity index is 1020. The van der Waals surface area contributed by atoms with Gasteiger partial charge in [0.1, 0.15) is 0 Å². The maximum absolute atomic E-state index is 12.2. The third kappa shape index (κ3) is 11.9. The van der Waals surface area contributed by atoms with Gasteiger partial charge < -0.3 is 24.3 Å². The van der Waals surface area contributed by atoms with Crippen molar-refractivity contribution in [3.05, 3.63) is 46.4 Å². The Labute approximate surface area is 215 Å². The monoisotopic (exact) mass is 551 g/mol. The molecule has 2 aromatic carbocycles. The van der Waals surface area contributed by atoms with Crippen LogP contribution in [0.15, 0.2) is 40.9 Å². The van der Waals surface area contributed by atoms with Crippen LogP contribution in [-0.2, 0) is 9.59 Å². The van der Waals surface area contributed by atoms with E-state index in [1.165, 1.54) is 32.0 Å². The molecule has 0 bridgehead atoms. The van der Waals surface area contributed by atoms with Crippen molar-refractivity contribution in [2.45, 2.75) is 54.0 Å². The molecule has 2 rings (SSSR count). The lowest BCUT2D eigenvalue weighted by molar-refractivity contribution is -0.134. The SMILES string of the molecule is CC(=O)Oc1ccc(C(=O)CNC(C)(C)C)cc1OC(C)=O.CCOc1ccc(Br)cc1OCC. The van der Waals surface area contributed by atoms with Crippen LogP contribution < -0.4 is 24.3 Å². The summed E-state index contributed by atoms with van der Waals surface area (Å²) < 4.78 is 21.8. The smallest absolute Gasteiger partial charge is 0.308 e. The predicted molar refractivity (Wildman–Crippen MR) is 138 cm³/mol. The summed E-state index contributed by atoms with van der Waals surface area (Å²) in [4.78, 5) is 34.3. The first-order chi connectivity index (χ1) is 16.4. The molecule has 0 aliphatic carbocycles. The highest BCUT2D eigenvalue weighted by molar-refractivity contribution is 9.10. The van der Waals surface area contributed by atoms with Crippen molar-refractivity contribution in [2.75, 3.05) is 19.8 Å². The lowest BCUT2D eigenvalue weighted by Gasteiger charge is -2.20. The van der Waals surface area contributed by atoms with Crippen molar-refractivity contribution in [3.8, 4) is 23.0 Å². The molecule has 0 aliphatic rings. The Balaban J connectivity index is 0.000000400. The Kier molecular flexibility index (Phi) is 12.5. The number of hydrogen-bond acceptors (Lipinski definition) is 8. The maximum Gasteiger partial charge on any atom is 0.308 e. The Morgan fingerprint density at radius 3 is 1.89 bits per heavy atom. The number of esters is 2. The summed E-state index contributed by atoms with van der Waals surface area (Å²) in [5.41, 5.74) is 0.176. The van der Waals surface area contributed by atoms with Crippen LogP contribution in [0.4, 0.5) is 0 Å². The van der Waals surface area contributed by atoms with Crippen LogP contribution in [0, 0.1) is 0 Å². The van der Waals surface area contributed by atoms with E-state index in [0.29, 0.717) is 18.8 Å². The highest BCUT2D eigenvalue weighted by Crippen LogP contribution is 2.30. The molecule has 1 N–H and O–H groups in total. The molecule has 2 aromatic rings. The summed E-state index contributed by atoms with van der Waals surface area (Å²) >= 11 is 3.38. The summed E-state index contributed by atoms with van der Waals surface area (Å²) in [5.74, 6) is 0.476. The van der Waals surface area contributed by atoms with E-state index in [2.05, 4.69) is 21.2 Å². The minimum atomic E-state index is -0.564. The number of Topliss-reactive ketones (excluding diaryl/α,β-unsaturated/α-hetero) is 1. The Morgan fingerprint density at radius 2 is 1.34 bits per heavy atom. The number of halogens is 1. The topological polar surface area (TPSA) is 100 Å². The third-order valence-corrected chi connectivity index (χ3v) is 4.55. The molecule has 0 saturated carbocycles. The van der Waals surface area contributed by atoms with E-state index >= 15 is 0 Å². The maximum atomic E-state index is 12.2. The average Bonchev–Trinajstić information content (AvgIpc) is 2.75. The fourth-order valence-electron chi connectivity index (χ4n) is 2.63. The van der Waals surface area contributed by atoms with E-state index in [0.717, 1.165) is 16.0 Å². The molecule has 0 aromatic heterocycles. The molecule has 0 radical (unpaired) electrons. The number of hydrogen-bond donors (Lipinski definition) is 1. The summed E-state index contributed by atoms with van der Waals surface area (Å²) in [6.07, 6.45) is 0. The van der Waals surface area contributed by atoms with Gasteiger partial charge in [-0.05, 0) is 71.0 Å². The summed E-state index contributed by atoms with van der Waals surface area (Å²) in [6.45, 7) is 13.7. The number of carbonyl (C=O) groups excluding carboxylic acids is 3. The molecule has 0 fully saturated rings. The fourth-order valence-corrected chi connectivity index (χ4v) is 2.97. The molecule has 35 heavy (non-hydrogen) atoms. The first-order valence-electron chi connectivity index (χ1n) is 11.2. The van der Waals surface area contributed by atoms with Crippen LogP contribution in [0.3, 0.4) is 0 Å². The number of benzene rings is 2. The van der Waals surface area contributed by atoms with E-state index in [9.17, 15) is 14.4 Å². The van der Waals surface area contributed by atoms with Crippen molar-refractivity contribution >= 4 is 33.7 Å². The van der Waals surface area contributed by atoms with Crippen molar-refractivity contribution in [3.63, 3.8) is 0 Å². The number of rotatable bonds is 9. The summed E-state index contributed by atoms with van der Waals surface area (Å²) in [6, 6.07) is 10.1. The van der Waals surface area contributed by atoms with Crippen molar-refractivity contribution in [2.24, 2.45) is 0 Å². The molecule has 8 nitrogen and oxygen atoms in total. The number of ether oxygens (including phenoxy) is 4. The number of nitrogens with one attached hydrogen (secondary N) is 1. The summed E-state index contributed by atoms with van der Waals surface area (Å²) in [7, 11) is 0. The fraction of sp³-hybridized carbons (Fsp3) is 0.423. The standard InChI is InChI=1S/C16H21NO5.C10H13BrO2/c1-10(18)21-14-7-6-12(8-15(14)22-11(2)19)13(20)9-17-16(3,4)5;1-3-12-9-6-5-8(11)7-10(9)13-4-2/h6-8,17H,9H2,1-5H3;5-7H,3-4H2,1-2H3. The van der Waals surface area contributed by atoms with E-state index in [1.54, 1.807) is 0 Å². The number of carbonyl (C=O) groups is 3. The van der Waals surface area contributed by atoms with Crippen LogP contribution in [0.5, 0.6) is 23.0 Å². The lowest BCUT2D eigenvalue weighted by Crippen LogP contribution is -2.39. The zero-order chi connectivity index (χ0) is 26.6. The van der Waals surface area contributed by atoms with Crippen LogP contribution in [-0.4, -0.2) is 43.0 Å². The molecule has 0 saturated heterocycles. The highest BCUT2D eigenvalue weighted by Gasteiger charge is 2.16. The van der Waals surface area contributed by atoms with Crippen molar-refractivity contribution in [1.82, 2.24) is 5.32 Å². The van der Waals surface area contributed by atoms with Gasteiger partial charge in [-0.15, -0.1) is 0 Å². The second-order valence-electron chi connectivity index (χ2n) is 8.33. The van der Waals surface area contributed by atoms with Gasteiger partial charge in [-0.3, -0.25) is 14.4 Å². The molecular formula is C26H34BrNO7. The largest absolute Gasteiger partial charge is 0.490 e. The van der Waals surface area contributed by atoms with Gasteiger partial charge in [0.2, 0.25) is 0 Å². The van der Waals surface area contributed by atoms with Gasteiger partial charge in [-0.25, -0.2) is 0 Å². The van der Waals surface area contributed by atoms with Crippen LogP contribution in [0.2, 0.25) is 0 Å². The van der Waals surface area contributed by atoms with E-state index in [1.807, 2.05) is 52.8 Å². The third-order valence-electron chi connectivity index (χ3n) is 4.06. The van der Waals surface area contributed by atoms with E-state index < -0.39 is 11.9 Å². The highest BCUT2D eigenvalue weighted by atomic mass is 79.9. The lowest BCUT2D eigenvalue weighted by atomic mass is 10.1. The van der Waals surface area contributed by atoms with Gasteiger partial charge in [-0.1, -0.05) is 15.9 Å². The predicted octanol–water partition coefficient (Wildman–Crippen LogP) is 5.35. The molecule has 0 aliphatic heterocycles. The molecule has 0 unspecified atom stereocenters. The second kappa shape index (κ2) is 14.5. The Morgan fingerprint density at radius 1 is 0.800 bits per heavy atom.